The van der Waals surface area contributed by atoms with Gasteiger partial charge in [0.1, 0.15) is 5.00 Å². The van der Waals surface area contributed by atoms with Crippen LogP contribution < -0.4 is 11.1 Å². The molecule has 0 aromatic carbocycles. The normalized spacial score (nSPS) is 13.8. The van der Waals surface area contributed by atoms with Crippen molar-refractivity contribution in [2.45, 2.75) is 32.3 Å². The molecule has 0 saturated heterocycles. The van der Waals surface area contributed by atoms with Gasteiger partial charge in [-0.1, -0.05) is 0 Å². The molecule has 2 heterocycles. The van der Waals surface area contributed by atoms with Crippen molar-refractivity contribution in [1.29, 1.82) is 0 Å². The second kappa shape index (κ2) is 7.02. The SMILES string of the molecule is CC(OC(=O)c1ccncc1)C(=O)Nc1sc2c(c1C(N)=O)CCC2. The average Bonchev–Trinajstić information content (AvgIpc) is 3.15. The molecule has 0 aliphatic heterocycles. The molecule has 1 unspecified atom stereocenters. The van der Waals surface area contributed by atoms with Crippen LogP contribution in [0.4, 0.5) is 5.00 Å². The minimum absolute atomic E-state index is 0.308. The van der Waals surface area contributed by atoms with Crippen LogP contribution in [0.2, 0.25) is 0 Å². The second-order valence-corrected chi connectivity index (χ2v) is 6.80. The van der Waals surface area contributed by atoms with E-state index in [1.54, 1.807) is 0 Å². The van der Waals surface area contributed by atoms with Crippen molar-refractivity contribution in [2.75, 3.05) is 5.32 Å². The molecule has 2 aromatic rings. The molecule has 0 radical (unpaired) electrons. The Hall–Kier alpha value is -2.74. The van der Waals surface area contributed by atoms with Crippen LogP contribution in [0.1, 0.15) is 44.5 Å². The van der Waals surface area contributed by atoms with E-state index < -0.39 is 23.9 Å². The van der Waals surface area contributed by atoms with Gasteiger partial charge in [0.05, 0.1) is 11.1 Å². The number of aromatic nitrogens is 1. The Balaban J connectivity index is 1.70. The van der Waals surface area contributed by atoms with Gasteiger partial charge >= 0.3 is 5.97 Å². The minimum atomic E-state index is -1.02. The average molecular weight is 359 g/mol. The van der Waals surface area contributed by atoms with Gasteiger partial charge in [-0.15, -0.1) is 11.3 Å². The molecule has 1 aliphatic rings. The summed E-state index contributed by atoms with van der Waals surface area (Å²) in [4.78, 5) is 41.0. The number of anilines is 1. The van der Waals surface area contributed by atoms with Gasteiger partial charge < -0.3 is 15.8 Å². The Kier molecular flexibility index (Phi) is 4.80. The van der Waals surface area contributed by atoms with Crippen LogP contribution in [0.25, 0.3) is 0 Å². The zero-order chi connectivity index (χ0) is 18.0. The summed E-state index contributed by atoms with van der Waals surface area (Å²) >= 11 is 1.36. The van der Waals surface area contributed by atoms with Crippen LogP contribution in [-0.2, 0) is 22.4 Å². The smallest absolute Gasteiger partial charge is 0.339 e. The van der Waals surface area contributed by atoms with Crippen LogP contribution in [-0.4, -0.2) is 28.9 Å². The van der Waals surface area contributed by atoms with Gasteiger partial charge in [0.25, 0.3) is 11.8 Å². The summed E-state index contributed by atoms with van der Waals surface area (Å²) in [6, 6.07) is 3.00. The molecule has 1 atom stereocenters. The number of aryl methyl sites for hydroxylation is 1. The summed E-state index contributed by atoms with van der Waals surface area (Å²) in [5.74, 6) is -1.69. The number of primary amides is 1. The Bertz CT molecular complexity index is 832. The van der Waals surface area contributed by atoms with Crippen molar-refractivity contribution >= 4 is 34.1 Å². The predicted molar refractivity (Wildman–Crippen MR) is 92.6 cm³/mol. The fourth-order valence-corrected chi connectivity index (χ4v) is 4.03. The molecule has 0 bridgehead atoms. The van der Waals surface area contributed by atoms with E-state index in [4.69, 9.17) is 10.5 Å². The monoisotopic (exact) mass is 359 g/mol. The van der Waals surface area contributed by atoms with Gasteiger partial charge in [0, 0.05) is 17.3 Å². The lowest BCUT2D eigenvalue weighted by molar-refractivity contribution is -0.123. The highest BCUT2D eigenvalue weighted by Crippen LogP contribution is 2.38. The number of nitrogens with one attached hydrogen (secondary N) is 1. The summed E-state index contributed by atoms with van der Waals surface area (Å²) in [5, 5.41) is 3.09. The lowest BCUT2D eigenvalue weighted by Crippen LogP contribution is -2.30. The topological polar surface area (TPSA) is 111 Å². The van der Waals surface area contributed by atoms with Crippen molar-refractivity contribution < 1.29 is 19.1 Å². The molecule has 2 amide bonds. The first-order valence-corrected chi connectivity index (χ1v) is 8.65. The predicted octanol–water partition coefficient (Wildman–Crippen LogP) is 1.91. The van der Waals surface area contributed by atoms with E-state index in [9.17, 15) is 14.4 Å². The second-order valence-electron chi connectivity index (χ2n) is 5.70. The number of pyridine rings is 1. The maximum Gasteiger partial charge on any atom is 0.339 e. The third kappa shape index (κ3) is 3.53. The summed E-state index contributed by atoms with van der Waals surface area (Å²) < 4.78 is 5.16. The maximum absolute atomic E-state index is 12.3. The first-order chi connectivity index (χ1) is 12.0. The number of ether oxygens (including phenoxy) is 1. The molecule has 8 heteroatoms. The Labute approximate surface area is 148 Å². The number of fused-ring (bicyclic) bond motifs is 1. The number of carbonyl (C=O) groups is 3. The molecular weight excluding hydrogens is 342 g/mol. The van der Waals surface area contributed by atoms with E-state index in [1.807, 2.05) is 0 Å². The Morgan fingerprint density at radius 2 is 2.00 bits per heavy atom. The molecule has 0 saturated carbocycles. The molecule has 7 nitrogen and oxygen atoms in total. The van der Waals surface area contributed by atoms with Gasteiger partial charge in [0.2, 0.25) is 0 Å². The minimum Gasteiger partial charge on any atom is -0.449 e. The number of esters is 1. The van der Waals surface area contributed by atoms with Crippen molar-refractivity contribution in [3.8, 4) is 0 Å². The molecule has 3 rings (SSSR count). The summed E-state index contributed by atoms with van der Waals surface area (Å²) in [5.41, 5.74) is 7.07. The molecule has 0 fully saturated rings. The van der Waals surface area contributed by atoms with Gasteiger partial charge in [-0.25, -0.2) is 4.79 Å². The summed E-state index contributed by atoms with van der Waals surface area (Å²) in [6.45, 7) is 1.47. The number of thiophene rings is 1. The Morgan fingerprint density at radius 3 is 2.68 bits per heavy atom. The molecule has 25 heavy (non-hydrogen) atoms. The fraction of sp³-hybridized carbons (Fsp3) is 0.294. The number of hydrogen-bond donors (Lipinski definition) is 2. The molecule has 130 valence electrons. The number of hydrogen-bond acceptors (Lipinski definition) is 6. The van der Waals surface area contributed by atoms with E-state index in [1.165, 1.54) is 42.8 Å². The number of nitrogens with two attached hydrogens (primary N) is 1. The van der Waals surface area contributed by atoms with E-state index in [2.05, 4.69) is 10.3 Å². The van der Waals surface area contributed by atoms with Gasteiger partial charge in [-0.2, -0.15) is 0 Å². The maximum atomic E-state index is 12.3. The van der Waals surface area contributed by atoms with Gasteiger partial charge in [0.15, 0.2) is 6.10 Å². The van der Waals surface area contributed by atoms with Crippen LogP contribution in [0.3, 0.4) is 0 Å². The molecular formula is C17H17N3O4S. The first-order valence-electron chi connectivity index (χ1n) is 7.83. The highest BCUT2D eigenvalue weighted by Gasteiger charge is 2.28. The van der Waals surface area contributed by atoms with E-state index >= 15 is 0 Å². The molecule has 2 aromatic heterocycles. The summed E-state index contributed by atoms with van der Waals surface area (Å²) in [6.07, 6.45) is 4.56. The van der Waals surface area contributed by atoms with Crippen molar-refractivity contribution in [3.05, 3.63) is 46.1 Å². The molecule has 1 aliphatic carbocycles. The van der Waals surface area contributed by atoms with Crippen molar-refractivity contribution in [2.24, 2.45) is 5.73 Å². The van der Waals surface area contributed by atoms with Gasteiger partial charge in [-0.05, 0) is 43.9 Å². The zero-order valence-corrected chi connectivity index (χ0v) is 14.4. The lowest BCUT2D eigenvalue weighted by atomic mass is 10.1. The molecule has 0 spiro atoms. The van der Waals surface area contributed by atoms with Crippen LogP contribution in [0.15, 0.2) is 24.5 Å². The number of amides is 2. The van der Waals surface area contributed by atoms with Crippen molar-refractivity contribution in [1.82, 2.24) is 4.98 Å². The Morgan fingerprint density at radius 1 is 1.28 bits per heavy atom. The van der Waals surface area contributed by atoms with E-state index in [0.717, 1.165) is 29.7 Å². The third-order valence-corrected chi connectivity index (χ3v) is 5.18. The number of nitrogens with zero attached hydrogens (tertiary/aromatic N) is 1. The van der Waals surface area contributed by atoms with Crippen molar-refractivity contribution in [3.63, 3.8) is 0 Å². The lowest BCUT2D eigenvalue weighted by Gasteiger charge is -2.13. The third-order valence-electron chi connectivity index (χ3n) is 3.97. The van der Waals surface area contributed by atoms with Crippen LogP contribution in [0, 0.1) is 0 Å². The van der Waals surface area contributed by atoms with E-state index in [0.29, 0.717) is 16.1 Å². The summed E-state index contributed by atoms with van der Waals surface area (Å²) in [7, 11) is 0. The quantitative estimate of drug-likeness (QED) is 0.792. The standard InChI is InChI=1S/C17H17N3O4S/c1-9(24-17(23)10-5-7-19-8-6-10)15(22)20-16-13(14(18)21)11-3-2-4-12(11)25-16/h5-9H,2-4H2,1H3,(H2,18,21)(H,20,22). The zero-order valence-electron chi connectivity index (χ0n) is 13.6. The van der Waals surface area contributed by atoms with Gasteiger partial charge in [-0.3, -0.25) is 14.6 Å². The fourth-order valence-electron chi connectivity index (χ4n) is 2.74. The van der Waals surface area contributed by atoms with Crippen LogP contribution in [0.5, 0.6) is 0 Å². The highest BCUT2D eigenvalue weighted by molar-refractivity contribution is 7.17. The van der Waals surface area contributed by atoms with Crippen LogP contribution >= 0.6 is 11.3 Å². The first kappa shape index (κ1) is 17.1. The van der Waals surface area contributed by atoms with E-state index in [-0.39, 0.29) is 0 Å². The largest absolute Gasteiger partial charge is 0.449 e. The highest BCUT2D eigenvalue weighted by atomic mass is 32.1. The number of rotatable bonds is 5. The molecule has 3 N–H and O–H groups in total. The number of carbonyl (C=O) groups excluding carboxylic acids is 3.